The van der Waals surface area contributed by atoms with E-state index in [1.54, 1.807) is 30.3 Å². The minimum atomic E-state index is -0.772. The Bertz CT molecular complexity index is 838. The number of methoxy groups -OCH3 is 1. The van der Waals surface area contributed by atoms with Crippen molar-refractivity contribution >= 4 is 17.3 Å². The summed E-state index contributed by atoms with van der Waals surface area (Å²) < 4.78 is 24.0. The van der Waals surface area contributed by atoms with E-state index in [2.05, 4.69) is 10.5 Å². The third-order valence-corrected chi connectivity index (χ3v) is 3.85. The predicted octanol–water partition coefficient (Wildman–Crippen LogP) is 3.36. The summed E-state index contributed by atoms with van der Waals surface area (Å²) in [5, 5.41) is 6.67. The zero-order valence-electron chi connectivity index (χ0n) is 14.5. The van der Waals surface area contributed by atoms with E-state index in [9.17, 15) is 9.18 Å². The molecule has 3 rings (SSSR count). The number of ether oxygens (including phenoxy) is 2. The standard InChI is InChI=1S/C19H19FN2O4/c1-3-25-16-8-7-14(10-17(16)24-2)21-19(23)18-11-15(22-26-18)12-5-4-6-13(20)9-12/h4-10,18H,3,11H2,1-2H3,(H,21,23). The fourth-order valence-corrected chi connectivity index (χ4v) is 2.60. The van der Waals surface area contributed by atoms with Gasteiger partial charge in [0.1, 0.15) is 5.82 Å². The van der Waals surface area contributed by atoms with Gasteiger partial charge in [-0.15, -0.1) is 0 Å². The van der Waals surface area contributed by atoms with E-state index in [4.69, 9.17) is 14.3 Å². The first-order valence-electron chi connectivity index (χ1n) is 8.21. The summed E-state index contributed by atoms with van der Waals surface area (Å²) in [5.41, 5.74) is 1.69. The number of anilines is 1. The van der Waals surface area contributed by atoms with Crippen LogP contribution >= 0.6 is 0 Å². The molecule has 26 heavy (non-hydrogen) atoms. The molecule has 0 spiro atoms. The van der Waals surface area contributed by atoms with E-state index in [0.717, 1.165) is 0 Å². The summed E-state index contributed by atoms with van der Waals surface area (Å²) in [5.74, 6) is 0.418. The highest BCUT2D eigenvalue weighted by molar-refractivity contribution is 6.06. The monoisotopic (exact) mass is 358 g/mol. The van der Waals surface area contributed by atoms with Crippen molar-refractivity contribution in [3.63, 3.8) is 0 Å². The molecule has 136 valence electrons. The van der Waals surface area contributed by atoms with Crippen LogP contribution in [0.4, 0.5) is 10.1 Å². The van der Waals surface area contributed by atoms with E-state index in [1.807, 2.05) is 6.92 Å². The Kier molecular flexibility index (Phi) is 5.36. The van der Waals surface area contributed by atoms with Gasteiger partial charge < -0.3 is 19.6 Å². The molecule has 1 N–H and O–H groups in total. The molecule has 1 aliphatic heterocycles. The van der Waals surface area contributed by atoms with Gasteiger partial charge in [-0.1, -0.05) is 17.3 Å². The molecule has 1 aliphatic rings. The number of hydrogen-bond acceptors (Lipinski definition) is 5. The van der Waals surface area contributed by atoms with Crippen molar-refractivity contribution in [2.24, 2.45) is 5.16 Å². The van der Waals surface area contributed by atoms with Crippen molar-refractivity contribution < 1.29 is 23.5 Å². The summed E-state index contributed by atoms with van der Waals surface area (Å²) in [6, 6.07) is 11.1. The molecule has 0 saturated heterocycles. The lowest BCUT2D eigenvalue weighted by atomic mass is 10.0. The largest absolute Gasteiger partial charge is 0.493 e. The van der Waals surface area contributed by atoms with E-state index in [1.165, 1.54) is 19.2 Å². The molecule has 0 aromatic heterocycles. The molecule has 1 atom stereocenters. The third-order valence-electron chi connectivity index (χ3n) is 3.85. The minimum absolute atomic E-state index is 0.267. The Balaban J connectivity index is 1.64. The molecular formula is C19H19FN2O4. The van der Waals surface area contributed by atoms with Gasteiger partial charge >= 0.3 is 0 Å². The van der Waals surface area contributed by atoms with Crippen molar-refractivity contribution in [1.29, 1.82) is 0 Å². The highest BCUT2D eigenvalue weighted by Crippen LogP contribution is 2.30. The first kappa shape index (κ1) is 17.7. The van der Waals surface area contributed by atoms with Gasteiger partial charge in [0, 0.05) is 23.7 Å². The Labute approximate surface area is 150 Å². The molecule has 0 radical (unpaired) electrons. The number of benzene rings is 2. The van der Waals surface area contributed by atoms with Gasteiger partial charge in [0.2, 0.25) is 6.10 Å². The molecule has 1 heterocycles. The number of carbonyl (C=O) groups is 1. The molecule has 0 aliphatic carbocycles. The number of hydrogen-bond donors (Lipinski definition) is 1. The second-order valence-corrected chi connectivity index (χ2v) is 5.63. The molecule has 0 fully saturated rings. The van der Waals surface area contributed by atoms with Gasteiger partial charge in [-0.3, -0.25) is 4.79 Å². The van der Waals surface area contributed by atoms with Gasteiger partial charge in [-0.25, -0.2) is 4.39 Å². The molecule has 2 aromatic carbocycles. The van der Waals surface area contributed by atoms with Crippen molar-refractivity contribution in [3.8, 4) is 11.5 Å². The van der Waals surface area contributed by atoms with Crippen molar-refractivity contribution in [2.75, 3.05) is 19.0 Å². The molecular weight excluding hydrogens is 339 g/mol. The van der Waals surface area contributed by atoms with Crippen molar-refractivity contribution in [2.45, 2.75) is 19.4 Å². The number of rotatable bonds is 6. The van der Waals surface area contributed by atoms with Crippen molar-refractivity contribution in [3.05, 3.63) is 53.8 Å². The first-order chi connectivity index (χ1) is 12.6. The summed E-state index contributed by atoms with van der Waals surface area (Å²) >= 11 is 0. The zero-order chi connectivity index (χ0) is 18.5. The van der Waals surface area contributed by atoms with Gasteiger partial charge in [0.05, 0.1) is 19.4 Å². The predicted molar refractivity (Wildman–Crippen MR) is 95.2 cm³/mol. The number of oxime groups is 1. The van der Waals surface area contributed by atoms with E-state index >= 15 is 0 Å². The van der Waals surface area contributed by atoms with Crippen LogP contribution in [0.25, 0.3) is 0 Å². The maximum atomic E-state index is 13.3. The Hall–Kier alpha value is -3.09. The summed E-state index contributed by atoms with van der Waals surface area (Å²) in [6.45, 7) is 2.39. The number of carbonyl (C=O) groups excluding carboxylic acids is 1. The van der Waals surface area contributed by atoms with Gasteiger partial charge in [-0.05, 0) is 31.2 Å². The maximum Gasteiger partial charge on any atom is 0.268 e. The number of amides is 1. The van der Waals surface area contributed by atoms with Crippen LogP contribution in [0.5, 0.6) is 11.5 Å². The normalized spacial score (nSPS) is 15.8. The Morgan fingerprint density at radius 1 is 1.31 bits per heavy atom. The highest BCUT2D eigenvalue weighted by atomic mass is 19.1. The fourth-order valence-electron chi connectivity index (χ4n) is 2.60. The average molecular weight is 358 g/mol. The van der Waals surface area contributed by atoms with Crippen LogP contribution in [0.3, 0.4) is 0 Å². The lowest BCUT2D eigenvalue weighted by molar-refractivity contribution is -0.125. The Morgan fingerprint density at radius 3 is 2.88 bits per heavy atom. The van der Waals surface area contributed by atoms with Gasteiger partial charge in [0.25, 0.3) is 5.91 Å². The van der Waals surface area contributed by atoms with E-state index in [0.29, 0.717) is 35.1 Å². The fraction of sp³-hybridized carbons (Fsp3) is 0.263. The minimum Gasteiger partial charge on any atom is -0.493 e. The van der Waals surface area contributed by atoms with Crippen LogP contribution in [0.2, 0.25) is 0 Å². The highest BCUT2D eigenvalue weighted by Gasteiger charge is 2.29. The smallest absolute Gasteiger partial charge is 0.268 e. The van der Waals surface area contributed by atoms with Gasteiger partial charge in [-0.2, -0.15) is 0 Å². The maximum absolute atomic E-state index is 13.3. The lowest BCUT2D eigenvalue weighted by Crippen LogP contribution is -2.28. The van der Waals surface area contributed by atoms with Gasteiger partial charge in [0.15, 0.2) is 11.5 Å². The topological polar surface area (TPSA) is 69.2 Å². The molecule has 6 nitrogen and oxygen atoms in total. The summed E-state index contributed by atoms with van der Waals surface area (Å²) in [7, 11) is 1.53. The summed E-state index contributed by atoms with van der Waals surface area (Å²) in [4.78, 5) is 17.6. The number of nitrogens with zero attached hydrogens (tertiary/aromatic N) is 1. The van der Waals surface area contributed by atoms with Crippen LogP contribution in [0.1, 0.15) is 18.9 Å². The van der Waals surface area contributed by atoms with Crippen molar-refractivity contribution in [1.82, 2.24) is 0 Å². The second-order valence-electron chi connectivity index (χ2n) is 5.63. The Morgan fingerprint density at radius 2 is 2.15 bits per heavy atom. The van der Waals surface area contributed by atoms with E-state index in [-0.39, 0.29) is 18.1 Å². The quantitative estimate of drug-likeness (QED) is 0.860. The van der Waals surface area contributed by atoms with Crippen LogP contribution in [-0.2, 0) is 9.63 Å². The molecule has 0 bridgehead atoms. The molecule has 7 heteroatoms. The third kappa shape index (κ3) is 3.93. The SMILES string of the molecule is CCOc1ccc(NC(=O)C2CC(c3cccc(F)c3)=NO2)cc1OC. The molecule has 2 aromatic rings. The number of nitrogens with one attached hydrogen (secondary N) is 1. The van der Waals surface area contributed by atoms with E-state index < -0.39 is 6.10 Å². The number of halogens is 1. The molecule has 1 unspecified atom stereocenters. The first-order valence-corrected chi connectivity index (χ1v) is 8.21. The summed E-state index contributed by atoms with van der Waals surface area (Å²) in [6.07, 6.45) is -0.505. The zero-order valence-corrected chi connectivity index (χ0v) is 14.5. The van der Waals surface area contributed by atoms with Crippen LogP contribution in [-0.4, -0.2) is 31.4 Å². The van der Waals surface area contributed by atoms with Crippen LogP contribution in [0, 0.1) is 5.82 Å². The van der Waals surface area contributed by atoms with Crippen LogP contribution < -0.4 is 14.8 Å². The lowest BCUT2D eigenvalue weighted by Gasteiger charge is -2.13. The average Bonchev–Trinajstić information content (AvgIpc) is 3.13. The molecule has 0 saturated carbocycles. The van der Waals surface area contributed by atoms with Crippen LogP contribution in [0.15, 0.2) is 47.6 Å². The second kappa shape index (κ2) is 7.86. The molecule has 1 amide bonds.